The fourth-order valence-electron chi connectivity index (χ4n) is 3.80. The van der Waals surface area contributed by atoms with Crippen LogP contribution in [0.3, 0.4) is 0 Å². The SMILES string of the molecule is O=C(CN1CCN(C(=O)CCCc2nc3ccccc3[nH]2)CC1)Nc1ccccc1Cl. The smallest absolute Gasteiger partial charge is 0.238 e. The van der Waals surface area contributed by atoms with Gasteiger partial charge in [-0.1, -0.05) is 35.9 Å². The summed E-state index contributed by atoms with van der Waals surface area (Å²) in [6.07, 6.45) is 2.02. The molecule has 0 radical (unpaired) electrons. The van der Waals surface area contributed by atoms with E-state index < -0.39 is 0 Å². The van der Waals surface area contributed by atoms with Gasteiger partial charge in [-0.2, -0.15) is 0 Å². The van der Waals surface area contributed by atoms with Crippen molar-refractivity contribution >= 4 is 40.1 Å². The predicted octanol–water partition coefficient (Wildman–Crippen LogP) is 3.32. The van der Waals surface area contributed by atoms with Gasteiger partial charge in [0.1, 0.15) is 5.82 Å². The third kappa shape index (κ3) is 5.62. The minimum absolute atomic E-state index is 0.0984. The molecule has 0 bridgehead atoms. The van der Waals surface area contributed by atoms with Crippen LogP contribution >= 0.6 is 11.6 Å². The molecule has 2 N–H and O–H groups in total. The number of nitrogens with one attached hydrogen (secondary N) is 2. The molecule has 1 aromatic heterocycles. The highest BCUT2D eigenvalue weighted by Gasteiger charge is 2.22. The van der Waals surface area contributed by atoms with Gasteiger partial charge in [0.05, 0.1) is 28.3 Å². The topological polar surface area (TPSA) is 81.3 Å². The zero-order valence-corrected chi connectivity index (χ0v) is 18.1. The summed E-state index contributed by atoms with van der Waals surface area (Å²) in [5, 5.41) is 3.36. The van der Waals surface area contributed by atoms with Crippen molar-refractivity contribution in [1.29, 1.82) is 0 Å². The zero-order chi connectivity index (χ0) is 21.6. The van der Waals surface area contributed by atoms with Gasteiger partial charge in [0.2, 0.25) is 11.8 Å². The van der Waals surface area contributed by atoms with E-state index in [-0.39, 0.29) is 11.8 Å². The Balaban J connectivity index is 1.17. The first-order chi connectivity index (χ1) is 15.1. The summed E-state index contributed by atoms with van der Waals surface area (Å²) >= 11 is 6.09. The second-order valence-electron chi connectivity index (χ2n) is 7.74. The molecule has 2 amide bonds. The van der Waals surface area contributed by atoms with Gasteiger partial charge in [-0.15, -0.1) is 0 Å². The molecular weight excluding hydrogens is 414 g/mol. The van der Waals surface area contributed by atoms with Crippen LogP contribution in [0.1, 0.15) is 18.7 Å². The van der Waals surface area contributed by atoms with Gasteiger partial charge < -0.3 is 15.2 Å². The Hall–Kier alpha value is -2.90. The number of fused-ring (bicyclic) bond motifs is 1. The maximum absolute atomic E-state index is 12.6. The van der Waals surface area contributed by atoms with Gasteiger partial charge >= 0.3 is 0 Å². The van der Waals surface area contributed by atoms with Crippen LogP contribution in [-0.4, -0.2) is 64.3 Å². The Labute approximate surface area is 186 Å². The average Bonchev–Trinajstić information content (AvgIpc) is 3.18. The van der Waals surface area contributed by atoms with Crippen LogP contribution in [0.5, 0.6) is 0 Å². The molecular formula is C23H26ClN5O2. The first-order valence-electron chi connectivity index (χ1n) is 10.6. The van der Waals surface area contributed by atoms with Crippen molar-refractivity contribution in [3.8, 4) is 0 Å². The van der Waals surface area contributed by atoms with Gasteiger partial charge in [0, 0.05) is 39.0 Å². The highest BCUT2D eigenvalue weighted by molar-refractivity contribution is 6.33. The van der Waals surface area contributed by atoms with Crippen molar-refractivity contribution in [1.82, 2.24) is 19.8 Å². The number of H-pyrrole nitrogens is 1. The summed E-state index contributed by atoms with van der Waals surface area (Å²) in [7, 11) is 0. The molecule has 0 atom stereocenters. The Morgan fingerprint density at radius 1 is 1.03 bits per heavy atom. The molecule has 0 unspecified atom stereocenters. The molecule has 7 nitrogen and oxygen atoms in total. The van der Waals surface area contributed by atoms with Gasteiger partial charge in [-0.3, -0.25) is 14.5 Å². The quantitative estimate of drug-likeness (QED) is 0.591. The summed E-state index contributed by atoms with van der Waals surface area (Å²) in [6.45, 7) is 2.95. The Kier molecular flexibility index (Phi) is 6.84. The number of hydrogen-bond donors (Lipinski definition) is 2. The highest BCUT2D eigenvalue weighted by Crippen LogP contribution is 2.20. The zero-order valence-electron chi connectivity index (χ0n) is 17.3. The molecule has 0 aliphatic carbocycles. The number of carbonyl (C=O) groups excluding carboxylic acids is 2. The van der Waals surface area contributed by atoms with E-state index in [1.54, 1.807) is 12.1 Å². The highest BCUT2D eigenvalue weighted by atomic mass is 35.5. The third-order valence-electron chi connectivity index (χ3n) is 5.48. The Morgan fingerprint density at radius 3 is 2.55 bits per heavy atom. The normalized spacial score (nSPS) is 14.7. The lowest BCUT2D eigenvalue weighted by Gasteiger charge is -2.34. The second kappa shape index (κ2) is 9.94. The van der Waals surface area contributed by atoms with Crippen LogP contribution < -0.4 is 5.32 Å². The second-order valence-corrected chi connectivity index (χ2v) is 8.15. The minimum Gasteiger partial charge on any atom is -0.342 e. The van der Waals surface area contributed by atoms with Crippen molar-refractivity contribution in [2.45, 2.75) is 19.3 Å². The third-order valence-corrected chi connectivity index (χ3v) is 5.81. The minimum atomic E-state index is -0.0984. The molecule has 2 heterocycles. The Morgan fingerprint density at radius 2 is 1.77 bits per heavy atom. The van der Waals surface area contributed by atoms with Gasteiger partial charge in [0.25, 0.3) is 0 Å². The lowest BCUT2D eigenvalue weighted by molar-refractivity contribution is -0.133. The number of amides is 2. The monoisotopic (exact) mass is 439 g/mol. The molecule has 162 valence electrons. The van der Waals surface area contributed by atoms with Crippen molar-refractivity contribution in [3.63, 3.8) is 0 Å². The standard InChI is InChI=1S/C23H26ClN5O2/c24-17-6-1-2-7-18(17)27-22(30)16-28-12-14-29(15-13-28)23(31)11-5-10-21-25-19-8-3-4-9-20(19)26-21/h1-4,6-9H,5,10-16H2,(H,25,26)(H,27,30). The fraction of sp³-hybridized carbons (Fsp3) is 0.348. The summed E-state index contributed by atoms with van der Waals surface area (Å²) in [4.78, 5) is 36.7. The number of piperazine rings is 1. The summed E-state index contributed by atoms with van der Waals surface area (Å²) < 4.78 is 0. The van der Waals surface area contributed by atoms with E-state index in [1.807, 2.05) is 41.3 Å². The molecule has 2 aromatic carbocycles. The van der Waals surface area contributed by atoms with E-state index in [4.69, 9.17) is 11.6 Å². The molecule has 1 aliphatic heterocycles. The van der Waals surface area contributed by atoms with Crippen LogP contribution in [0.15, 0.2) is 48.5 Å². The van der Waals surface area contributed by atoms with Crippen LogP contribution in [0.4, 0.5) is 5.69 Å². The molecule has 31 heavy (non-hydrogen) atoms. The number of nitrogens with zero attached hydrogens (tertiary/aromatic N) is 3. The molecule has 4 rings (SSSR count). The number of imidazole rings is 1. The summed E-state index contributed by atoms with van der Waals surface area (Å²) in [5.41, 5.74) is 2.60. The van der Waals surface area contributed by atoms with Crippen LogP contribution in [0.2, 0.25) is 5.02 Å². The maximum atomic E-state index is 12.6. The largest absolute Gasteiger partial charge is 0.342 e. The number of anilines is 1. The van der Waals surface area contributed by atoms with Crippen LogP contribution in [0, 0.1) is 0 Å². The predicted molar refractivity (Wildman–Crippen MR) is 122 cm³/mol. The molecule has 0 saturated carbocycles. The number of rotatable bonds is 7. The van der Waals surface area contributed by atoms with E-state index in [2.05, 4.69) is 20.2 Å². The number of carbonyl (C=O) groups is 2. The van der Waals surface area contributed by atoms with Gasteiger partial charge in [0.15, 0.2) is 0 Å². The lowest BCUT2D eigenvalue weighted by atomic mass is 10.2. The molecule has 1 aliphatic rings. The lowest BCUT2D eigenvalue weighted by Crippen LogP contribution is -2.50. The number of aromatic nitrogens is 2. The van der Waals surface area contributed by atoms with E-state index in [1.165, 1.54) is 0 Å². The maximum Gasteiger partial charge on any atom is 0.238 e. The van der Waals surface area contributed by atoms with E-state index >= 15 is 0 Å². The van der Waals surface area contributed by atoms with Crippen molar-refractivity contribution in [2.24, 2.45) is 0 Å². The van der Waals surface area contributed by atoms with E-state index in [9.17, 15) is 9.59 Å². The van der Waals surface area contributed by atoms with Crippen molar-refractivity contribution in [2.75, 3.05) is 38.0 Å². The number of para-hydroxylation sites is 3. The van der Waals surface area contributed by atoms with Crippen molar-refractivity contribution < 1.29 is 9.59 Å². The van der Waals surface area contributed by atoms with Crippen LogP contribution in [0.25, 0.3) is 11.0 Å². The number of aryl methyl sites for hydroxylation is 1. The number of benzene rings is 2. The first kappa shape index (κ1) is 21.3. The summed E-state index contributed by atoms with van der Waals surface area (Å²) in [6, 6.07) is 15.1. The Bertz CT molecular complexity index is 1030. The number of aromatic amines is 1. The average molecular weight is 440 g/mol. The molecule has 1 saturated heterocycles. The molecule has 8 heteroatoms. The first-order valence-corrected chi connectivity index (χ1v) is 10.9. The van der Waals surface area contributed by atoms with Gasteiger partial charge in [-0.25, -0.2) is 4.98 Å². The number of hydrogen-bond acceptors (Lipinski definition) is 4. The molecule has 3 aromatic rings. The van der Waals surface area contributed by atoms with Gasteiger partial charge in [-0.05, 0) is 30.7 Å². The number of halogens is 1. The molecule has 0 spiro atoms. The van der Waals surface area contributed by atoms with Crippen molar-refractivity contribution in [3.05, 3.63) is 59.4 Å². The fourth-order valence-corrected chi connectivity index (χ4v) is 3.98. The van der Waals surface area contributed by atoms with E-state index in [0.717, 1.165) is 29.7 Å². The summed E-state index contributed by atoms with van der Waals surface area (Å²) in [5.74, 6) is 0.985. The van der Waals surface area contributed by atoms with Crippen LogP contribution in [-0.2, 0) is 16.0 Å². The van der Waals surface area contributed by atoms with E-state index in [0.29, 0.717) is 49.9 Å². The molecule has 1 fully saturated rings.